The van der Waals surface area contributed by atoms with Crippen LogP contribution in [-0.2, 0) is 19.5 Å². The topological polar surface area (TPSA) is 36.7 Å². The molecule has 2 aliphatic rings. The van der Waals surface area contributed by atoms with Gasteiger partial charge < -0.3 is 9.32 Å². The molecule has 132 valence electrons. The van der Waals surface area contributed by atoms with Crippen LogP contribution in [0.4, 0.5) is 0 Å². The summed E-state index contributed by atoms with van der Waals surface area (Å²) in [5, 5.41) is 0. The molecule has 0 bridgehead atoms. The Labute approximate surface area is 149 Å². The van der Waals surface area contributed by atoms with Crippen molar-refractivity contribution < 1.29 is 9.21 Å². The maximum Gasteiger partial charge on any atom is 0.257 e. The maximum absolute atomic E-state index is 13.0. The number of likely N-dealkylation sites (tertiary alicyclic amines) is 1. The number of amides is 1. The number of aryl methyl sites for hydroxylation is 2. The van der Waals surface area contributed by atoms with Crippen LogP contribution >= 0.6 is 0 Å². The van der Waals surface area contributed by atoms with Crippen molar-refractivity contribution in [3.8, 4) is 0 Å². The molecular weight excluding hydrogens is 312 g/mol. The largest absolute Gasteiger partial charge is 0.465 e. The number of hydrogen-bond acceptors (Lipinski definition) is 3. The first kappa shape index (κ1) is 16.4. The lowest BCUT2D eigenvalue weighted by molar-refractivity contribution is 0.0789. The van der Waals surface area contributed by atoms with Crippen molar-refractivity contribution in [2.24, 2.45) is 0 Å². The summed E-state index contributed by atoms with van der Waals surface area (Å²) in [6.45, 7) is 8.51. The van der Waals surface area contributed by atoms with Crippen LogP contribution in [0.25, 0.3) is 0 Å². The molecule has 0 atom stereocenters. The molecule has 1 fully saturated rings. The molecule has 4 nitrogen and oxygen atoms in total. The van der Waals surface area contributed by atoms with Gasteiger partial charge in [0.05, 0.1) is 5.56 Å². The van der Waals surface area contributed by atoms with Gasteiger partial charge in [0.15, 0.2) is 0 Å². The van der Waals surface area contributed by atoms with Crippen LogP contribution in [0.2, 0.25) is 0 Å². The summed E-state index contributed by atoms with van der Waals surface area (Å²) >= 11 is 0. The number of nitrogens with zero attached hydrogens (tertiary/aromatic N) is 2. The van der Waals surface area contributed by atoms with Gasteiger partial charge in [0.25, 0.3) is 5.91 Å². The van der Waals surface area contributed by atoms with Crippen LogP contribution in [0.3, 0.4) is 0 Å². The molecule has 4 rings (SSSR count). The van der Waals surface area contributed by atoms with Gasteiger partial charge in [-0.1, -0.05) is 29.8 Å². The van der Waals surface area contributed by atoms with Crippen LogP contribution in [-0.4, -0.2) is 35.3 Å². The minimum atomic E-state index is 0.164. The lowest BCUT2D eigenvalue weighted by Crippen LogP contribution is -2.33. The molecule has 0 aliphatic carbocycles. The summed E-state index contributed by atoms with van der Waals surface area (Å²) in [6, 6.07) is 8.72. The second-order valence-corrected chi connectivity index (χ2v) is 7.38. The molecule has 1 saturated heterocycles. The fraction of sp³-hybridized carbons (Fsp3) is 0.476. The van der Waals surface area contributed by atoms with E-state index in [1.807, 2.05) is 11.8 Å². The van der Waals surface area contributed by atoms with E-state index in [1.165, 1.54) is 11.1 Å². The second kappa shape index (κ2) is 6.68. The van der Waals surface area contributed by atoms with Crippen molar-refractivity contribution in [1.82, 2.24) is 9.80 Å². The monoisotopic (exact) mass is 338 g/mol. The van der Waals surface area contributed by atoms with E-state index >= 15 is 0 Å². The Morgan fingerprint density at radius 3 is 2.52 bits per heavy atom. The quantitative estimate of drug-likeness (QED) is 0.856. The van der Waals surface area contributed by atoms with Gasteiger partial charge in [-0.15, -0.1) is 0 Å². The molecule has 1 amide bonds. The lowest BCUT2D eigenvalue weighted by atomic mass is 10.0. The van der Waals surface area contributed by atoms with Crippen molar-refractivity contribution in [3.63, 3.8) is 0 Å². The van der Waals surface area contributed by atoms with Crippen molar-refractivity contribution in [2.75, 3.05) is 19.6 Å². The fourth-order valence-electron chi connectivity index (χ4n) is 4.03. The Balaban J connectivity index is 1.55. The second-order valence-electron chi connectivity index (χ2n) is 7.38. The minimum absolute atomic E-state index is 0.164. The molecule has 0 spiro atoms. The zero-order valence-corrected chi connectivity index (χ0v) is 15.2. The van der Waals surface area contributed by atoms with E-state index in [9.17, 15) is 4.79 Å². The molecule has 2 aromatic rings. The van der Waals surface area contributed by atoms with Crippen molar-refractivity contribution in [1.29, 1.82) is 0 Å². The van der Waals surface area contributed by atoms with E-state index in [1.54, 1.807) is 0 Å². The van der Waals surface area contributed by atoms with Crippen LogP contribution in [0, 0.1) is 13.8 Å². The van der Waals surface area contributed by atoms with Crippen LogP contribution < -0.4 is 0 Å². The molecule has 1 aromatic heterocycles. The third-order valence-corrected chi connectivity index (χ3v) is 5.44. The third-order valence-electron chi connectivity index (χ3n) is 5.44. The van der Waals surface area contributed by atoms with Crippen LogP contribution in [0.5, 0.6) is 0 Å². The highest BCUT2D eigenvalue weighted by Gasteiger charge is 2.31. The maximum atomic E-state index is 13.0. The number of furan rings is 1. The highest BCUT2D eigenvalue weighted by atomic mass is 16.3. The van der Waals surface area contributed by atoms with Gasteiger partial charge >= 0.3 is 0 Å². The molecule has 0 saturated carbocycles. The van der Waals surface area contributed by atoms with Crippen molar-refractivity contribution in [3.05, 3.63) is 58.0 Å². The van der Waals surface area contributed by atoms with Crippen molar-refractivity contribution in [2.45, 2.75) is 46.2 Å². The summed E-state index contributed by atoms with van der Waals surface area (Å²) in [5.41, 5.74) is 4.55. The standard InChI is InChI=1S/C21H26N2O2/c1-15-5-7-17(8-6-15)13-22-12-9-19-18(14-22)20(16(2)25-19)21(24)23-10-3-4-11-23/h5-8H,3-4,9-14H2,1-2H3. The van der Waals surface area contributed by atoms with Gasteiger partial charge in [0, 0.05) is 44.7 Å². The number of carbonyl (C=O) groups excluding carboxylic acids is 1. The number of fused-ring (bicyclic) bond motifs is 1. The summed E-state index contributed by atoms with van der Waals surface area (Å²) in [4.78, 5) is 17.4. The smallest absolute Gasteiger partial charge is 0.257 e. The number of hydrogen-bond donors (Lipinski definition) is 0. The van der Waals surface area contributed by atoms with Gasteiger partial charge in [-0.2, -0.15) is 0 Å². The summed E-state index contributed by atoms with van der Waals surface area (Å²) in [6.07, 6.45) is 3.12. The first-order chi connectivity index (χ1) is 12.1. The fourth-order valence-corrected chi connectivity index (χ4v) is 4.03. The zero-order valence-electron chi connectivity index (χ0n) is 15.2. The first-order valence-corrected chi connectivity index (χ1v) is 9.30. The van der Waals surface area contributed by atoms with E-state index in [-0.39, 0.29) is 5.91 Å². The Kier molecular flexibility index (Phi) is 4.38. The van der Waals surface area contributed by atoms with E-state index in [0.717, 1.165) is 74.6 Å². The number of rotatable bonds is 3. The van der Waals surface area contributed by atoms with E-state index < -0.39 is 0 Å². The molecule has 1 aromatic carbocycles. The SMILES string of the molecule is Cc1ccc(CN2CCc3oc(C)c(C(=O)N4CCCC4)c3C2)cc1. The van der Waals surface area contributed by atoms with Crippen LogP contribution in [0.15, 0.2) is 28.7 Å². The van der Waals surface area contributed by atoms with Gasteiger partial charge in [-0.05, 0) is 32.3 Å². The molecule has 2 aliphatic heterocycles. The van der Waals surface area contributed by atoms with E-state index in [0.29, 0.717) is 0 Å². The average Bonchev–Trinajstić information content (AvgIpc) is 3.23. The summed E-state index contributed by atoms with van der Waals surface area (Å²) < 4.78 is 5.96. The number of benzene rings is 1. The van der Waals surface area contributed by atoms with E-state index in [4.69, 9.17) is 4.42 Å². The Bertz CT molecular complexity index is 770. The summed E-state index contributed by atoms with van der Waals surface area (Å²) in [7, 11) is 0. The van der Waals surface area contributed by atoms with Gasteiger partial charge in [0.1, 0.15) is 11.5 Å². The molecular formula is C21H26N2O2. The molecule has 0 unspecified atom stereocenters. The Hall–Kier alpha value is -2.07. The van der Waals surface area contributed by atoms with Gasteiger partial charge in [-0.25, -0.2) is 0 Å². The minimum Gasteiger partial charge on any atom is -0.465 e. The molecule has 0 N–H and O–H groups in total. The Morgan fingerprint density at radius 2 is 1.80 bits per heavy atom. The summed E-state index contributed by atoms with van der Waals surface area (Å²) in [5.74, 6) is 1.97. The predicted molar refractivity (Wildman–Crippen MR) is 97.6 cm³/mol. The first-order valence-electron chi connectivity index (χ1n) is 9.30. The predicted octanol–water partition coefficient (Wildman–Crippen LogP) is 3.69. The van der Waals surface area contributed by atoms with Gasteiger partial charge in [0.2, 0.25) is 0 Å². The third kappa shape index (κ3) is 3.23. The normalized spacial score (nSPS) is 17.8. The zero-order chi connectivity index (χ0) is 17.4. The van der Waals surface area contributed by atoms with Gasteiger partial charge in [-0.3, -0.25) is 9.69 Å². The molecule has 0 radical (unpaired) electrons. The Morgan fingerprint density at radius 1 is 1.08 bits per heavy atom. The van der Waals surface area contributed by atoms with Crippen LogP contribution in [0.1, 0.15) is 51.4 Å². The highest BCUT2D eigenvalue weighted by molar-refractivity contribution is 5.97. The molecule has 3 heterocycles. The van der Waals surface area contributed by atoms with E-state index in [2.05, 4.69) is 36.1 Å². The number of carbonyl (C=O) groups is 1. The average molecular weight is 338 g/mol. The lowest BCUT2D eigenvalue weighted by Gasteiger charge is -2.27. The molecule has 4 heteroatoms. The molecule has 25 heavy (non-hydrogen) atoms. The highest BCUT2D eigenvalue weighted by Crippen LogP contribution is 2.30. The van der Waals surface area contributed by atoms with Crippen molar-refractivity contribution >= 4 is 5.91 Å².